The van der Waals surface area contributed by atoms with Crippen LogP contribution in [0.2, 0.25) is 0 Å². The highest BCUT2D eigenvalue weighted by molar-refractivity contribution is 5.09. The summed E-state index contributed by atoms with van der Waals surface area (Å²) in [6.07, 6.45) is 1.00. The summed E-state index contributed by atoms with van der Waals surface area (Å²) in [5.41, 5.74) is 0. The minimum atomic E-state index is -4.66. The Morgan fingerprint density at radius 2 is 2.06 bits per heavy atom. The van der Waals surface area contributed by atoms with E-state index < -0.39 is 12.2 Å². The van der Waals surface area contributed by atoms with Crippen molar-refractivity contribution in [3.8, 4) is 5.88 Å². The highest BCUT2D eigenvalue weighted by atomic mass is 19.4. The number of aromatic nitrogens is 1. The third kappa shape index (κ3) is 6.27. The van der Waals surface area contributed by atoms with Crippen molar-refractivity contribution >= 4 is 0 Å². The van der Waals surface area contributed by atoms with E-state index in [1.165, 1.54) is 37.6 Å². The molecule has 1 aliphatic rings. The Hall–Kier alpha value is -1.26. The van der Waals surface area contributed by atoms with Gasteiger partial charge in [-0.05, 0) is 12.0 Å². The van der Waals surface area contributed by atoms with E-state index in [1.54, 1.807) is 0 Å². The van der Waals surface area contributed by atoms with Crippen LogP contribution in [0.3, 0.4) is 0 Å². The number of nitrogens with zero attached hydrogens (tertiary/aromatic N) is 1. The van der Waals surface area contributed by atoms with Crippen molar-refractivity contribution in [1.29, 1.82) is 0 Å². The number of rotatable bonds is 2. The quantitative estimate of drug-likeness (QED) is 0.775. The van der Waals surface area contributed by atoms with Crippen molar-refractivity contribution < 1.29 is 17.9 Å². The maximum absolute atomic E-state index is 11.5. The van der Waals surface area contributed by atoms with E-state index in [4.69, 9.17) is 0 Å². The van der Waals surface area contributed by atoms with E-state index in [9.17, 15) is 13.2 Å². The molecule has 2 rings (SSSR count). The van der Waals surface area contributed by atoms with Crippen LogP contribution < -0.4 is 4.74 Å². The Bertz CT molecular complexity index is 296. The van der Waals surface area contributed by atoms with Crippen LogP contribution >= 0.6 is 0 Å². The molecule has 2 nitrogen and oxygen atoms in total. The summed E-state index contributed by atoms with van der Waals surface area (Å²) in [7, 11) is 0. The lowest BCUT2D eigenvalue weighted by Gasteiger charge is -2.05. The van der Waals surface area contributed by atoms with Crippen LogP contribution in [0.15, 0.2) is 24.4 Å². The van der Waals surface area contributed by atoms with Crippen molar-refractivity contribution in [2.45, 2.75) is 32.5 Å². The van der Waals surface area contributed by atoms with Gasteiger partial charge in [-0.15, -0.1) is 13.2 Å². The average molecular weight is 233 g/mol. The molecule has 1 fully saturated rings. The molecule has 0 radical (unpaired) electrons. The molecule has 0 spiro atoms. The van der Waals surface area contributed by atoms with Crippen molar-refractivity contribution in [3.63, 3.8) is 0 Å². The zero-order chi connectivity index (χ0) is 12.0. The zero-order valence-electron chi connectivity index (χ0n) is 9.00. The number of ether oxygens (including phenoxy) is 1. The molecular weight excluding hydrogens is 219 g/mol. The number of hydrogen-bond donors (Lipinski definition) is 0. The number of hydrogen-bond acceptors (Lipinski definition) is 2. The molecule has 0 bridgehead atoms. The van der Waals surface area contributed by atoms with Gasteiger partial charge >= 0.3 is 6.36 Å². The molecular formula is C11H14F3NO. The summed E-state index contributed by atoms with van der Waals surface area (Å²) in [5, 5.41) is 0. The normalized spacial score (nSPS) is 15.0. The lowest BCUT2D eigenvalue weighted by Crippen LogP contribution is -2.17. The molecule has 0 N–H and O–H groups in total. The van der Waals surface area contributed by atoms with Crippen LogP contribution in [0.4, 0.5) is 13.2 Å². The first-order valence-corrected chi connectivity index (χ1v) is 5.18. The summed E-state index contributed by atoms with van der Waals surface area (Å²) in [5.74, 6) is 0.690. The van der Waals surface area contributed by atoms with Gasteiger partial charge < -0.3 is 4.74 Å². The fourth-order valence-corrected chi connectivity index (χ4v) is 1.05. The monoisotopic (exact) mass is 233 g/mol. The van der Waals surface area contributed by atoms with Crippen molar-refractivity contribution in [1.82, 2.24) is 4.98 Å². The zero-order valence-corrected chi connectivity index (χ0v) is 9.00. The van der Waals surface area contributed by atoms with Gasteiger partial charge in [-0.2, -0.15) is 0 Å². The minimum Gasteiger partial charge on any atom is -0.388 e. The molecule has 0 aliphatic heterocycles. The Kier molecular flexibility index (Phi) is 4.58. The maximum atomic E-state index is 11.5. The van der Waals surface area contributed by atoms with Gasteiger partial charge in [0.2, 0.25) is 5.88 Å². The van der Waals surface area contributed by atoms with Crippen molar-refractivity contribution in [2.24, 2.45) is 5.92 Å². The van der Waals surface area contributed by atoms with Gasteiger partial charge in [-0.3, -0.25) is 0 Å². The highest BCUT2D eigenvalue weighted by Crippen LogP contribution is 2.31. The number of halogens is 3. The minimum absolute atomic E-state index is 0.444. The smallest absolute Gasteiger partial charge is 0.388 e. The second kappa shape index (κ2) is 5.72. The molecule has 1 heterocycles. The summed E-state index contributed by atoms with van der Waals surface area (Å²) in [6, 6.07) is 4.05. The Morgan fingerprint density at radius 3 is 2.38 bits per heavy atom. The van der Waals surface area contributed by atoms with Gasteiger partial charge in [0.25, 0.3) is 0 Å². The first kappa shape index (κ1) is 12.8. The second-order valence-corrected chi connectivity index (χ2v) is 3.57. The topological polar surface area (TPSA) is 22.1 Å². The molecule has 0 aromatic carbocycles. The molecule has 0 unspecified atom stereocenters. The summed E-state index contributed by atoms with van der Waals surface area (Å²) in [6.45, 7) is 2.26. The summed E-state index contributed by atoms with van der Waals surface area (Å²) < 4.78 is 37.9. The molecule has 1 aromatic rings. The third-order valence-corrected chi connectivity index (χ3v) is 2.13. The van der Waals surface area contributed by atoms with Crippen LogP contribution in [-0.2, 0) is 0 Å². The van der Waals surface area contributed by atoms with Gasteiger partial charge in [0, 0.05) is 12.3 Å². The van der Waals surface area contributed by atoms with E-state index in [0.717, 1.165) is 12.0 Å². The average Bonchev–Trinajstić information content (AvgIpc) is 3.00. The van der Waals surface area contributed by atoms with E-state index in [2.05, 4.69) is 16.6 Å². The second-order valence-electron chi connectivity index (χ2n) is 3.57. The van der Waals surface area contributed by atoms with Gasteiger partial charge in [-0.1, -0.05) is 32.3 Å². The van der Waals surface area contributed by atoms with Crippen molar-refractivity contribution in [2.75, 3.05) is 0 Å². The van der Waals surface area contributed by atoms with Gasteiger partial charge in [0.05, 0.1) is 0 Å². The van der Waals surface area contributed by atoms with Crippen LogP contribution in [0.1, 0.15) is 26.2 Å². The molecule has 90 valence electrons. The van der Waals surface area contributed by atoms with Gasteiger partial charge in [-0.25, -0.2) is 4.98 Å². The number of alkyl halides is 3. The number of pyridine rings is 1. The first-order valence-electron chi connectivity index (χ1n) is 5.18. The first-order chi connectivity index (χ1) is 7.51. The lowest BCUT2D eigenvalue weighted by molar-refractivity contribution is -0.276. The van der Waals surface area contributed by atoms with Crippen LogP contribution in [-0.4, -0.2) is 11.3 Å². The van der Waals surface area contributed by atoms with E-state index >= 15 is 0 Å². The molecule has 0 saturated heterocycles. The van der Waals surface area contributed by atoms with E-state index in [-0.39, 0.29) is 0 Å². The standard InChI is InChI=1S/C6H4F3NO.C5H10/c7-6(8,9)11-5-3-1-2-4-10-5;1-2-5-3-4-5/h1-4H;5H,2-4H2,1H3. The highest BCUT2D eigenvalue weighted by Gasteiger charge is 2.31. The molecule has 0 atom stereocenters. The summed E-state index contributed by atoms with van der Waals surface area (Å²) >= 11 is 0. The Morgan fingerprint density at radius 1 is 1.38 bits per heavy atom. The fraction of sp³-hybridized carbons (Fsp3) is 0.545. The maximum Gasteiger partial charge on any atom is 0.574 e. The lowest BCUT2D eigenvalue weighted by atomic mass is 10.3. The molecule has 1 saturated carbocycles. The van der Waals surface area contributed by atoms with Gasteiger partial charge in [0.15, 0.2) is 0 Å². The van der Waals surface area contributed by atoms with Crippen LogP contribution in [0.25, 0.3) is 0 Å². The van der Waals surface area contributed by atoms with E-state index in [0.29, 0.717) is 0 Å². The SMILES string of the molecule is CCC1CC1.FC(F)(F)Oc1ccccn1. The Labute approximate surface area is 92.5 Å². The summed E-state index contributed by atoms with van der Waals surface area (Å²) in [4.78, 5) is 3.32. The molecule has 1 aliphatic carbocycles. The van der Waals surface area contributed by atoms with Crippen LogP contribution in [0, 0.1) is 5.92 Å². The van der Waals surface area contributed by atoms with E-state index in [1.807, 2.05) is 0 Å². The Balaban J connectivity index is 0.000000212. The predicted octanol–water partition coefficient (Wildman–Crippen LogP) is 3.79. The molecule has 5 heteroatoms. The predicted molar refractivity (Wildman–Crippen MR) is 53.9 cm³/mol. The van der Waals surface area contributed by atoms with Gasteiger partial charge in [0.1, 0.15) is 0 Å². The third-order valence-electron chi connectivity index (χ3n) is 2.13. The molecule has 16 heavy (non-hydrogen) atoms. The largest absolute Gasteiger partial charge is 0.574 e. The fourth-order valence-electron chi connectivity index (χ4n) is 1.05. The van der Waals surface area contributed by atoms with Crippen molar-refractivity contribution in [3.05, 3.63) is 24.4 Å². The molecule has 0 amide bonds. The molecule has 1 aromatic heterocycles. The van der Waals surface area contributed by atoms with Crippen LogP contribution in [0.5, 0.6) is 5.88 Å².